The van der Waals surface area contributed by atoms with Crippen molar-refractivity contribution >= 4 is 5.91 Å². The van der Waals surface area contributed by atoms with Crippen molar-refractivity contribution < 1.29 is 31.8 Å². The molecule has 1 atom stereocenters. The molecule has 0 radical (unpaired) electrons. The largest absolute Gasteiger partial charge is 0.573 e. The summed E-state index contributed by atoms with van der Waals surface area (Å²) in [6, 6.07) is 11.2. The maximum Gasteiger partial charge on any atom is 0.573 e. The van der Waals surface area contributed by atoms with Crippen LogP contribution in [0.2, 0.25) is 0 Å². The van der Waals surface area contributed by atoms with Crippen LogP contribution in [0.15, 0.2) is 61.1 Å². The van der Waals surface area contributed by atoms with Gasteiger partial charge in [0.2, 0.25) is 0 Å². The average molecular weight is 514 g/mol. The van der Waals surface area contributed by atoms with E-state index in [1.165, 1.54) is 30.3 Å². The Balaban J connectivity index is 1.70. The number of aromatic amines is 1. The summed E-state index contributed by atoms with van der Waals surface area (Å²) in [6.45, 7) is 2.31. The van der Waals surface area contributed by atoms with Crippen molar-refractivity contribution in [1.82, 2.24) is 19.9 Å². The van der Waals surface area contributed by atoms with Crippen LogP contribution in [0, 0.1) is 5.82 Å². The molecule has 1 amide bonds. The highest BCUT2D eigenvalue weighted by molar-refractivity contribution is 5.98. The van der Waals surface area contributed by atoms with Crippen LogP contribution < -0.4 is 14.8 Å². The number of imidazole rings is 1. The van der Waals surface area contributed by atoms with Gasteiger partial charge in [-0.15, -0.1) is 13.2 Å². The molecule has 0 unspecified atom stereocenters. The van der Waals surface area contributed by atoms with Crippen LogP contribution in [0.5, 0.6) is 11.5 Å². The van der Waals surface area contributed by atoms with Crippen LogP contribution in [0.1, 0.15) is 29.1 Å². The molecule has 0 bridgehead atoms. The standard InChI is InChI=1S/C26H22F4N4O3/c1-2-36-23-7-6-16(9-21(23)27)24-20(15-4-3-5-19(8-15)37-26(28,29)30)11-22-25(35)32-13-18(34(22)24)10-17-12-31-14-33-17/h3-9,11-12,14,18H,2,10,13H2,1H3,(H,31,33)(H,32,35)/t18-/m0/s1. The van der Waals surface area contributed by atoms with E-state index in [9.17, 15) is 22.4 Å². The lowest BCUT2D eigenvalue weighted by atomic mass is 10.00. The van der Waals surface area contributed by atoms with Crippen molar-refractivity contribution in [1.29, 1.82) is 0 Å². The lowest BCUT2D eigenvalue weighted by molar-refractivity contribution is -0.274. The minimum atomic E-state index is -4.87. The summed E-state index contributed by atoms with van der Waals surface area (Å²) >= 11 is 0. The molecule has 37 heavy (non-hydrogen) atoms. The Morgan fingerprint density at radius 2 is 1.97 bits per heavy atom. The highest BCUT2D eigenvalue weighted by atomic mass is 19.4. The maximum atomic E-state index is 15.0. The molecule has 11 heteroatoms. The van der Waals surface area contributed by atoms with Gasteiger partial charge in [-0.1, -0.05) is 12.1 Å². The molecule has 0 fully saturated rings. The van der Waals surface area contributed by atoms with Gasteiger partial charge in [0, 0.05) is 30.3 Å². The Bertz CT molecular complexity index is 1430. The fourth-order valence-electron chi connectivity index (χ4n) is 4.57. The number of benzene rings is 2. The van der Waals surface area contributed by atoms with Gasteiger partial charge in [-0.25, -0.2) is 9.37 Å². The van der Waals surface area contributed by atoms with Crippen LogP contribution >= 0.6 is 0 Å². The number of ether oxygens (including phenoxy) is 2. The number of halogens is 4. The Hall–Kier alpha value is -4.28. The second-order valence-corrected chi connectivity index (χ2v) is 8.44. The maximum absolute atomic E-state index is 15.0. The number of carbonyl (C=O) groups is 1. The van der Waals surface area contributed by atoms with Gasteiger partial charge >= 0.3 is 6.36 Å². The molecule has 2 aromatic carbocycles. The number of carbonyl (C=O) groups excluding carboxylic acids is 1. The van der Waals surface area contributed by atoms with E-state index in [1.807, 2.05) is 0 Å². The van der Waals surface area contributed by atoms with Crippen molar-refractivity contribution in [2.75, 3.05) is 13.2 Å². The predicted octanol–water partition coefficient (Wildman–Crippen LogP) is 5.51. The summed E-state index contributed by atoms with van der Waals surface area (Å²) in [5.74, 6) is -1.28. The smallest absolute Gasteiger partial charge is 0.491 e. The minimum absolute atomic E-state index is 0.0737. The van der Waals surface area contributed by atoms with Gasteiger partial charge in [0.1, 0.15) is 11.4 Å². The highest BCUT2D eigenvalue weighted by Crippen LogP contribution is 2.41. The monoisotopic (exact) mass is 514 g/mol. The third-order valence-electron chi connectivity index (χ3n) is 6.02. The summed E-state index contributed by atoms with van der Waals surface area (Å²) in [5.41, 5.74) is 2.80. The lowest BCUT2D eigenvalue weighted by Gasteiger charge is -2.28. The summed E-state index contributed by atoms with van der Waals surface area (Å²) in [6.07, 6.45) is -1.12. The quantitative estimate of drug-likeness (QED) is 0.319. The first-order valence-electron chi connectivity index (χ1n) is 11.5. The van der Waals surface area contributed by atoms with Crippen molar-refractivity contribution in [2.24, 2.45) is 0 Å². The highest BCUT2D eigenvalue weighted by Gasteiger charge is 2.33. The molecule has 0 saturated carbocycles. The van der Waals surface area contributed by atoms with Crippen LogP contribution in [0.25, 0.3) is 22.4 Å². The molecule has 2 aromatic heterocycles. The topological polar surface area (TPSA) is 81.2 Å². The Kier molecular flexibility index (Phi) is 6.36. The van der Waals surface area contributed by atoms with E-state index >= 15 is 0 Å². The van der Waals surface area contributed by atoms with Gasteiger partial charge < -0.3 is 24.3 Å². The number of H-pyrrole nitrogens is 1. The van der Waals surface area contributed by atoms with Gasteiger partial charge in [-0.3, -0.25) is 4.79 Å². The number of nitrogens with zero attached hydrogens (tertiary/aromatic N) is 2. The molecule has 1 aliphatic rings. The number of rotatable bonds is 7. The van der Waals surface area contributed by atoms with Gasteiger partial charge in [0.15, 0.2) is 11.6 Å². The molecular formula is C26H22F4N4O3. The van der Waals surface area contributed by atoms with Gasteiger partial charge in [-0.2, -0.15) is 0 Å². The van der Waals surface area contributed by atoms with Crippen LogP contribution in [-0.2, 0) is 6.42 Å². The zero-order valence-electron chi connectivity index (χ0n) is 19.6. The van der Waals surface area contributed by atoms with E-state index in [-0.39, 0.29) is 30.9 Å². The van der Waals surface area contributed by atoms with E-state index in [4.69, 9.17) is 4.74 Å². The van der Waals surface area contributed by atoms with Crippen LogP contribution in [-0.4, -0.2) is 40.0 Å². The second-order valence-electron chi connectivity index (χ2n) is 8.44. The first-order chi connectivity index (χ1) is 17.7. The SMILES string of the molecule is CCOc1ccc(-c2c(-c3cccc(OC(F)(F)F)c3)cc3n2[C@@H](Cc2c[nH]cn2)CNC3=O)cc1F. The molecule has 1 aliphatic heterocycles. The van der Waals surface area contributed by atoms with Gasteiger partial charge in [-0.05, 0) is 48.9 Å². The van der Waals surface area contributed by atoms with E-state index in [1.54, 1.807) is 42.2 Å². The first-order valence-corrected chi connectivity index (χ1v) is 11.5. The van der Waals surface area contributed by atoms with E-state index in [0.717, 1.165) is 5.69 Å². The molecule has 0 aliphatic carbocycles. The third kappa shape index (κ3) is 5.02. The van der Waals surface area contributed by atoms with E-state index in [0.29, 0.717) is 34.5 Å². The number of hydrogen-bond donors (Lipinski definition) is 2. The molecule has 192 valence electrons. The summed E-state index contributed by atoms with van der Waals surface area (Å²) in [4.78, 5) is 20.1. The van der Waals surface area contributed by atoms with E-state index < -0.39 is 17.9 Å². The Labute approximate surface area is 209 Å². The lowest BCUT2D eigenvalue weighted by Crippen LogP contribution is -2.39. The fraction of sp³-hybridized carbons (Fsp3) is 0.231. The molecule has 4 aromatic rings. The molecular weight excluding hydrogens is 492 g/mol. The molecule has 0 spiro atoms. The minimum Gasteiger partial charge on any atom is -0.491 e. The number of amides is 1. The fourth-order valence-corrected chi connectivity index (χ4v) is 4.57. The molecule has 0 saturated heterocycles. The van der Waals surface area contributed by atoms with E-state index in [2.05, 4.69) is 20.0 Å². The van der Waals surface area contributed by atoms with Crippen molar-refractivity contribution in [3.8, 4) is 33.9 Å². The molecule has 3 heterocycles. The zero-order chi connectivity index (χ0) is 26.2. The van der Waals surface area contributed by atoms with Crippen molar-refractivity contribution in [3.05, 3.63) is 78.3 Å². The summed E-state index contributed by atoms with van der Waals surface area (Å²) in [7, 11) is 0. The van der Waals surface area contributed by atoms with Crippen molar-refractivity contribution in [2.45, 2.75) is 25.7 Å². The third-order valence-corrected chi connectivity index (χ3v) is 6.02. The number of alkyl halides is 3. The molecule has 2 N–H and O–H groups in total. The van der Waals surface area contributed by atoms with Crippen molar-refractivity contribution in [3.63, 3.8) is 0 Å². The first kappa shape index (κ1) is 24.4. The van der Waals surface area contributed by atoms with Gasteiger partial charge in [0.25, 0.3) is 5.91 Å². The number of aromatic nitrogens is 3. The molecule has 5 rings (SSSR count). The number of hydrogen-bond acceptors (Lipinski definition) is 4. The Morgan fingerprint density at radius 1 is 1.14 bits per heavy atom. The van der Waals surface area contributed by atoms with Crippen LogP contribution in [0.3, 0.4) is 0 Å². The van der Waals surface area contributed by atoms with Crippen LogP contribution in [0.4, 0.5) is 17.6 Å². The summed E-state index contributed by atoms with van der Waals surface area (Å²) < 4.78 is 64.9. The molecule has 7 nitrogen and oxygen atoms in total. The normalized spacial score (nSPS) is 15.3. The predicted molar refractivity (Wildman–Crippen MR) is 127 cm³/mol. The summed E-state index contributed by atoms with van der Waals surface area (Å²) in [5, 5.41) is 2.86. The second kappa shape index (κ2) is 9.64. The number of fused-ring (bicyclic) bond motifs is 1. The van der Waals surface area contributed by atoms with Gasteiger partial charge in [0.05, 0.1) is 30.4 Å². The number of nitrogens with one attached hydrogen (secondary N) is 2. The average Bonchev–Trinajstić information content (AvgIpc) is 3.50. The zero-order valence-corrected chi connectivity index (χ0v) is 19.6. The Morgan fingerprint density at radius 3 is 2.68 bits per heavy atom.